The molecule has 16 heavy (non-hydrogen) atoms. The van der Waals surface area contributed by atoms with Crippen molar-refractivity contribution < 1.29 is 4.74 Å². The van der Waals surface area contributed by atoms with Crippen LogP contribution >= 0.6 is 0 Å². The number of ether oxygens (including phenoxy) is 1. The lowest BCUT2D eigenvalue weighted by atomic mass is 9.84. The summed E-state index contributed by atoms with van der Waals surface area (Å²) in [5.41, 5.74) is 0.148. The van der Waals surface area contributed by atoms with E-state index < -0.39 is 0 Å². The first-order valence-electron chi connectivity index (χ1n) is 7.01. The summed E-state index contributed by atoms with van der Waals surface area (Å²) in [5, 5.41) is 3.31. The van der Waals surface area contributed by atoms with E-state index in [1.165, 1.54) is 44.9 Å². The molecule has 0 aromatic carbocycles. The van der Waals surface area contributed by atoms with E-state index in [9.17, 15) is 0 Å². The summed E-state index contributed by atoms with van der Waals surface area (Å²) in [6.07, 6.45) is 9.10. The van der Waals surface area contributed by atoms with Crippen molar-refractivity contribution in [3.05, 3.63) is 0 Å². The van der Waals surface area contributed by atoms with E-state index in [4.69, 9.17) is 4.74 Å². The predicted octanol–water partition coefficient (Wildman–Crippen LogP) is 3.36. The van der Waals surface area contributed by atoms with Gasteiger partial charge in [0.05, 0.1) is 5.60 Å². The van der Waals surface area contributed by atoms with E-state index in [0.717, 1.165) is 13.2 Å². The third-order valence-electron chi connectivity index (χ3n) is 3.72. The van der Waals surface area contributed by atoms with Gasteiger partial charge >= 0.3 is 0 Å². The molecule has 0 saturated heterocycles. The van der Waals surface area contributed by atoms with E-state index in [2.05, 4.69) is 19.2 Å². The molecule has 0 radical (unpaired) electrons. The van der Waals surface area contributed by atoms with Gasteiger partial charge in [-0.3, -0.25) is 0 Å². The van der Waals surface area contributed by atoms with Gasteiger partial charge in [-0.05, 0) is 32.2 Å². The van der Waals surface area contributed by atoms with Gasteiger partial charge in [-0.15, -0.1) is 0 Å². The first kappa shape index (κ1) is 14.0. The topological polar surface area (TPSA) is 21.3 Å². The summed E-state index contributed by atoms with van der Waals surface area (Å²) in [7, 11) is 2.04. The van der Waals surface area contributed by atoms with Gasteiger partial charge in [0.1, 0.15) is 0 Å². The van der Waals surface area contributed by atoms with Crippen molar-refractivity contribution in [2.75, 3.05) is 20.2 Å². The molecule has 1 N–H and O–H groups in total. The van der Waals surface area contributed by atoms with Gasteiger partial charge in [0.25, 0.3) is 0 Å². The second-order valence-electron chi connectivity index (χ2n) is 5.48. The van der Waals surface area contributed by atoms with Crippen LogP contribution in [0.25, 0.3) is 0 Å². The highest BCUT2D eigenvalue weighted by Crippen LogP contribution is 2.31. The van der Waals surface area contributed by atoms with Crippen molar-refractivity contribution in [2.24, 2.45) is 5.92 Å². The van der Waals surface area contributed by atoms with Crippen molar-refractivity contribution in [1.82, 2.24) is 5.32 Å². The number of likely N-dealkylation sites (N-methyl/N-ethyl adjacent to an activating group) is 1. The molecule has 0 amide bonds. The largest absolute Gasteiger partial charge is 0.373 e. The Morgan fingerprint density at radius 3 is 2.50 bits per heavy atom. The van der Waals surface area contributed by atoms with Crippen LogP contribution in [0, 0.1) is 5.92 Å². The summed E-state index contributed by atoms with van der Waals surface area (Å²) in [6.45, 7) is 6.52. The molecule has 1 aliphatic carbocycles. The summed E-state index contributed by atoms with van der Waals surface area (Å²) in [5.74, 6) is 0.709. The van der Waals surface area contributed by atoms with Crippen molar-refractivity contribution in [3.63, 3.8) is 0 Å². The molecule has 2 nitrogen and oxygen atoms in total. The lowest BCUT2D eigenvalue weighted by molar-refractivity contribution is -0.0796. The van der Waals surface area contributed by atoms with Crippen molar-refractivity contribution in [1.29, 1.82) is 0 Å². The van der Waals surface area contributed by atoms with Gasteiger partial charge in [-0.1, -0.05) is 39.5 Å². The Hall–Kier alpha value is -0.0800. The second-order valence-corrected chi connectivity index (χ2v) is 5.48. The molecular formula is C14H29NO. The fourth-order valence-electron chi connectivity index (χ4n) is 2.79. The SMILES string of the molecule is CCCC(C)COC1(CNC)CCCCC1. The molecular weight excluding hydrogens is 198 g/mol. The molecule has 0 aromatic heterocycles. The van der Waals surface area contributed by atoms with Gasteiger partial charge in [0.15, 0.2) is 0 Å². The Kier molecular flexibility index (Phi) is 6.37. The van der Waals surface area contributed by atoms with Crippen LogP contribution in [0.5, 0.6) is 0 Å². The Bertz CT molecular complexity index is 170. The van der Waals surface area contributed by atoms with E-state index in [0.29, 0.717) is 5.92 Å². The molecule has 1 fully saturated rings. The third-order valence-corrected chi connectivity index (χ3v) is 3.72. The summed E-state index contributed by atoms with van der Waals surface area (Å²) in [6, 6.07) is 0. The highest BCUT2D eigenvalue weighted by molar-refractivity contribution is 4.86. The van der Waals surface area contributed by atoms with Crippen LogP contribution in [0.2, 0.25) is 0 Å². The fourth-order valence-corrected chi connectivity index (χ4v) is 2.79. The minimum atomic E-state index is 0.148. The fraction of sp³-hybridized carbons (Fsp3) is 1.00. The van der Waals surface area contributed by atoms with Crippen LogP contribution in [-0.2, 0) is 4.74 Å². The van der Waals surface area contributed by atoms with Crippen LogP contribution in [0.15, 0.2) is 0 Å². The molecule has 0 bridgehead atoms. The average Bonchev–Trinajstić information content (AvgIpc) is 2.29. The van der Waals surface area contributed by atoms with E-state index in [1.54, 1.807) is 0 Å². The summed E-state index contributed by atoms with van der Waals surface area (Å²) >= 11 is 0. The Balaban J connectivity index is 2.37. The van der Waals surface area contributed by atoms with E-state index in [1.807, 2.05) is 7.05 Å². The third kappa shape index (κ3) is 4.42. The molecule has 0 spiro atoms. The van der Waals surface area contributed by atoms with Crippen LogP contribution < -0.4 is 5.32 Å². The smallest absolute Gasteiger partial charge is 0.0806 e. The van der Waals surface area contributed by atoms with Crippen LogP contribution in [-0.4, -0.2) is 25.8 Å². The lowest BCUT2D eigenvalue weighted by Crippen LogP contribution is -2.44. The molecule has 1 unspecified atom stereocenters. The first-order valence-corrected chi connectivity index (χ1v) is 7.01. The molecule has 1 aliphatic rings. The van der Waals surface area contributed by atoms with Crippen LogP contribution in [0.3, 0.4) is 0 Å². The van der Waals surface area contributed by atoms with E-state index >= 15 is 0 Å². The predicted molar refractivity (Wildman–Crippen MR) is 69.8 cm³/mol. The quantitative estimate of drug-likeness (QED) is 0.720. The minimum Gasteiger partial charge on any atom is -0.373 e. The van der Waals surface area contributed by atoms with Crippen molar-refractivity contribution >= 4 is 0 Å². The highest BCUT2D eigenvalue weighted by atomic mass is 16.5. The van der Waals surface area contributed by atoms with E-state index in [-0.39, 0.29) is 5.60 Å². The Morgan fingerprint density at radius 1 is 1.25 bits per heavy atom. The first-order chi connectivity index (χ1) is 7.72. The zero-order valence-corrected chi connectivity index (χ0v) is 11.3. The monoisotopic (exact) mass is 227 g/mol. The lowest BCUT2D eigenvalue weighted by Gasteiger charge is -2.38. The molecule has 96 valence electrons. The zero-order valence-electron chi connectivity index (χ0n) is 11.3. The van der Waals surface area contributed by atoms with Gasteiger partial charge < -0.3 is 10.1 Å². The number of nitrogens with one attached hydrogen (secondary N) is 1. The Labute approximate surface area is 101 Å². The van der Waals surface area contributed by atoms with Gasteiger partial charge in [-0.25, -0.2) is 0 Å². The molecule has 0 heterocycles. The van der Waals surface area contributed by atoms with Crippen LogP contribution in [0.4, 0.5) is 0 Å². The minimum absolute atomic E-state index is 0.148. The number of hydrogen-bond donors (Lipinski definition) is 1. The second kappa shape index (κ2) is 7.29. The summed E-state index contributed by atoms with van der Waals surface area (Å²) in [4.78, 5) is 0. The average molecular weight is 227 g/mol. The standard InChI is InChI=1S/C14H29NO/c1-4-8-13(2)11-16-14(12-15-3)9-6-5-7-10-14/h13,15H,4-12H2,1-3H3. The maximum Gasteiger partial charge on any atom is 0.0806 e. The van der Waals surface area contributed by atoms with Gasteiger partial charge in [0, 0.05) is 13.2 Å². The maximum atomic E-state index is 6.26. The number of hydrogen-bond acceptors (Lipinski definition) is 2. The normalized spacial score (nSPS) is 21.9. The van der Waals surface area contributed by atoms with Crippen molar-refractivity contribution in [2.45, 2.75) is 64.4 Å². The molecule has 1 saturated carbocycles. The molecule has 0 aliphatic heterocycles. The molecule has 2 heteroatoms. The molecule has 0 aromatic rings. The zero-order chi connectivity index (χ0) is 11.9. The van der Waals surface area contributed by atoms with Crippen LogP contribution in [0.1, 0.15) is 58.8 Å². The highest BCUT2D eigenvalue weighted by Gasteiger charge is 2.32. The summed E-state index contributed by atoms with van der Waals surface area (Å²) < 4.78 is 6.26. The Morgan fingerprint density at radius 2 is 1.94 bits per heavy atom. The van der Waals surface area contributed by atoms with Gasteiger partial charge in [0.2, 0.25) is 0 Å². The molecule has 1 atom stereocenters. The van der Waals surface area contributed by atoms with Gasteiger partial charge in [-0.2, -0.15) is 0 Å². The maximum absolute atomic E-state index is 6.26. The number of rotatable bonds is 7. The van der Waals surface area contributed by atoms with Crippen molar-refractivity contribution in [3.8, 4) is 0 Å². The molecule has 1 rings (SSSR count).